The van der Waals surface area contributed by atoms with E-state index >= 15 is 0 Å². The molecule has 108 valence electrons. The number of aromatic nitrogens is 5. The summed E-state index contributed by atoms with van der Waals surface area (Å²) in [5.41, 5.74) is -0.207. The number of thioether (sulfide) groups is 1. The highest BCUT2D eigenvalue weighted by Gasteiger charge is 2.11. The van der Waals surface area contributed by atoms with Crippen LogP contribution in [0.4, 0.5) is 5.82 Å². The standard InChI is InChI=1S/C11H16N6OS2/c1-4-12-7-6-8(14-9(13-7)19-3)20-11-16-15-10(18)17(11)5-2/h6H,4-5H2,1-3H3,(H,15,18)(H,12,13,14). The highest BCUT2D eigenvalue weighted by Crippen LogP contribution is 2.26. The van der Waals surface area contributed by atoms with Crippen LogP contribution in [0.1, 0.15) is 13.8 Å². The summed E-state index contributed by atoms with van der Waals surface area (Å²) in [7, 11) is 0. The molecule has 0 aromatic carbocycles. The smallest absolute Gasteiger partial charge is 0.343 e. The molecule has 0 atom stereocenters. The molecule has 0 unspecified atom stereocenters. The Balaban J connectivity index is 2.32. The predicted octanol–water partition coefficient (Wildman–Crippen LogP) is 1.69. The third kappa shape index (κ3) is 3.34. The number of nitrogens with zero attached hydrogens (tertiary/aromatic N) is 4. The summed E-state index contributed by atoms with van der Waals surface area (Å²) in [6.07, 6.45) is 1.93. The maximum Gasteiger partial charge on any atom is 0.343 e. The third-order valence-corrected chi connectivity index (χ3v) is 3.92. The number of aromatic amines is 1. The van der Waals surface area contributed by atoms with Gasteiger partial charge in [-0.3, -0.25) is 4.57 Å². The summed E-state index contributed by atoms with van der Waals surface area (Å²) in [6, 6.07) is 1.85. The van der Waals surface area contributed by atoms with Gasteiger partial charge in [-0.15, -0.1) is 5.10 Å². The Morgan fingerprint density at radius 1 is 1.40 bits per heavy atom. The maximum absolute atomic E-state index is 11.5. The second-order valence-electron chi connectivity index (χ2n) is 3.77. The van der Waals surface area contributed by atoms with Crippen molar-refractivity contribution >= 4 is 29.3 Å². The van der Waals surface area contributed by atoms with Crippen molar-refractivity contribution in [1.29, 1.82) is 0 Å². The van der Waals surface area contributed by atoms with E-state index in [0.717, 1.165) is 17.4 Å². The van der Waals surface area contributed by atoms with Gasteiger partial charge in [0.15, 0.2) is 10.3 Å². The third-order valence-electron chi connectivity index (χ3n) is 2.46. The van der Waals surface area contributed by atoms with Gasteiger partial charge in [0.2, 0.25) is 0 Å². The Morgan fingerprint density at radius 3 is 2.85 bits per heavy atom. The molecule has 2 heterocycles. The van der Waals surface area contributed by atoms with Gasteiger partial charge < -0.3 is 5.32 Å². The fourth-order valence-electron chi connectivity index (χ4n) is 1.57. The second kappa shape index (κ2) is 6.80. The number of anilines is 1. The Morgan fingerprint density at radius 2 is 2.20 bits per heavy atom. The number of hydrogen-bond acceptors (Lipinski definition) is 7. The summed E-state index contributed by atoms with van der Waals surface area (Å²) in [5, 5.41) is 11.7. The molecule has 9 heteroatoms. The molecule has 2 aromatic heterocycles. The topological polar surface area (TPSA) is 88.5 Å². The molecule has 0 radical (unpaired) electrons. The molecular formula is C11H16N6OS2. The molecule has 2 N–H and O–H groups in total. The van der Waals surface area contributed by atoms with E-state index in [-0.39, 0.29) is 5.69 Å². The predicted molar refractivity (Wildman–Crippen MR) is 80.6 cm³/mol. The zero-order chi connectivity index (χ0) is 14.5. The first-order chi connectivity index (χ1) is 9.67. The van der Waals surface area contributed by atoms with E-state index < -0.39 is 0 Å². The molecule has 2 aromatic rings. The minimum atomic E-state index is -0.207. The van der Waals surface area contributed by atoms with Crippen molar-refractivity contribution in [3.05, 3.63) is 16.6 Å². The van der Waals surface area contributed by atoms with Gasteiger partial charge in [-0.25, -0.2) is 19.9 Å². The zero-order valence-corrected chi connectivity index (χ0v) is 13.1. The van der Waals surface area contributed by atoms with Crippen molar-refractivity contribution in [3.63, 3.8) is 0 Å². The van der Waals surface area contributed by atoms with Crippen molar-refractivity contribution in [1.82, 2.24) is 24.7 Å². The van der Waals surface area contributed by atoms with Crippen LogP contribution < -0.4 is 11.0 Å². The fourth-order valence-corrected chi connectivity index (χ4v) is 2.91. The van der Waals surface area contributed by atoms with E-state index in [2.05, 4.69) is 25.5 Å². The molecule has 2 rings (SSSR count). The first-order valence-corrected chi connectivity index (χ1v) is 8.22. The average Bonchev–Trinajstić information content (AvgIpc) is 2.79. The Bertz CT molecular complexity index is 638. The summed E-state index contributed by atoms with van der Waals surface area (Å²) in [6.45, 7) is 5.27. The molecular weight excluding hydrogens is 296 g/mol. The molecule has 0 saturated heterocycles. The van der Waals surface area contributed by atoms with Crippen molar-refractivity contribution in [2.24, 2.45) is 0 Å². The van der Waals surface area contributed by atoms with Crippen LogP contribution in [-0.4, -0.2) is 37.5 Å². The lowest BCUT2D eigenvalue weighted by atomic mass is 10.5. The van der Waals surface area contributed by atoms with Gasteiger partial charge in [-0.05, 0) is 31.9 Å². The number of hydrogen-bond donors (Lipinski definition) is 2. The highest BCUT2D eigenvalue weighted by molar-refractivity contribution is 7.99. The Kier molecular flexibility index (Phi) is 5.07. The van der Waals surface area contributed by atoms with E-state index in [0.29, 0.717) is 16.9 Å². The maximum atomic E-state index is 11.5. The number of nitrogens with one attached hydrogen (secondary N) is 2. The van der Waals surface area contributed by atoms with Gasteiger partial charge in [0.1, 0.15) is 10.8 Å². The summed E-state index contributed by atoms with van der Waals surface area (Å²) >= 11 is 2.82. The minimum absolute atomic E-state index is 0.207. The zero-order valence-electron chi connectivity index (χ0n) is 11.5. The number of H-pyrrole nitrogens is 1. The lowest BCUT2D eigenvalue weighted by Gasteiger charge is -2.07. The molecule has 0 aliphatic rings. The summed E-state index contributed by atoms with van der Waals surface area (Å²) in [5.74, 6) is 0.773. The molecule has 20 heavy (non-hydrogen) atoms. The van der Waals surface area contributed by atoms with Crippen LogP contribution in [0.2, 0.25) is 0 Å². The van der Waals surface area contributed by atoms with Crippen LogP contribution in [0, 0.1) is 0 Å². The average molecular weight is 312 g/mol. The normalized spacial score (nSPS) is 10.8. The largest absolute Gasteiger partial charge is 0.370 e. The molecule has 0 spiro atoms. The first-order valence-electron chi connectivity index (χ1n) is 6.17. The monoisotopic (exact) mass is 312 g/mol. The molecule has 7 nitrogen and oxygen atoms in total. The Hall–Kier alpha value is -1.48. The lowest BCUT2D eigenvalue weighted by molar-refractivity contribution is 0.659. The molecule has 0 amide bonds. The van der Waals surface area contributed by atoms with Gasteiger partial charge in [0, 0.05) is 19.2 Å². The van der Waals surface area contributed by atoms with E-state index in [1.165, 1.54) is 23.5 Å². The molecule has 0 fully saturated rings. The van der Waals surface area contributed by atoms with Crippen LogP contribution >= 0.6 is 23.5 Å². The second-order valence-corrected chi connectivity index (χ2v) is 5.53. The Labute approximate surface area is 125 Å². The van der Waals surface area contributed by atoms with E-state index in [9.17, 15) is 4.79 Å². The lowest BCUT2D eigenvalue weighted by Crippen LogP contribution is -2.16. The van der Waals surface area contributed by atoms with Crippen LogP contribution in [0.15, 0.2) is 26.2 Å². The molecule has 0 aliphatic carbocycles. The van der Waals surface area contributed by atoms with Crippen LogP contribution in [0.5, 0.6) is 0 Å². The minimum Gasteiger partial charge on any atom is -0.370 e. The van der Waals surface area contributed by atoms with Gasteiger partial charge >= 0.3 is 5.69 Å². The first kappa shape index (κ1) is 14.9. The van der Waals surface area contributed by atoms with Crippen LogP contribution in [-0.2, 0) is 6.54 Å². The fraction of sp³-hybridized carbons (Fsp3) is 0.455. The number of rotatable bonds is 6. The molecule has 0 saturated carbocycles. The SMILES string of the molecule is CCNc1cc(Sc2n[nH]c(=O)n2CC)nc(SC)n1. The molecule has 0 aliphatic heterocycles. The molecule has 0 bridgehead atoms. The quantitative estimate of drug-likeness (QED) is 0.476. The van der Waals surface area contributed by atoms with Gasteiger partial charge in [0.05, 0.1) is 0 Å². The van der Waals surface area contributed by atoms with E-state index in [1.54, 1.807) is 4.57 Å². The summed E-state index contributed by atoms with van der Waals surface area (Å²) < 4.78 is 1.57. The van der Waals surface area contributed by atoms with Crippen LogP contribution in [0.3, 0.4) is 0 Å². The van der Waals surface area contributed by atoms with Crippen molar-refractivity contribution in [2.45, 2.75) is 35.7 Å². The highest BCUT2D eigenvalue weighted by atomic mass is 32.2. The summed E-state index contributed by atoms with van der Waals surface area (Å²) in [4.78, 5) is 20.3. The van der Waals surface area contributed by atoms with Crippen LogP contribution in [0.25, 0.3) is 0 Å². The van der Waals surface area contributed by atoms with Gasteiger partial charge in [-0.2, -0.15) is 0 Å². The van der Waals surface area contributed by atoms with Crippen molar-refractivity contribution in [2.75, 3.05) is 18.1 Å². The van der Waals surface area contributed by atoms with E-state index in [4.69, 9.17) is 0 Å². The van der Waals surface area contributed by atoms with Gasteiger partial charge in [-0.1, -0.05) is 11.8 Å². The van der Waals surface area contributed by atoms with E-state index in [1.807, 2.05) is 26.2 Å². The van der Waals surface area contributed by atoms with Crippen molar-refractivity contribution < 1.29 is 0 Å². The van der Waals surface area contributed by atoms with Gasteiger partial charge in [0.25, 0.3) is 0 Å². The van der Waals surface area contributed by atoms with Crippen molar-refractivity contribution in [3.8, 4) is 0 Å².